The number of amides is 1. The highest BCUT2D eigenvalue weighted by molar-refractivity contribution is 5.92. The van der Waals surface area contributed by atoms with Crippen LogP contribution >= 0.6 is 0 Å². The van der Waals surface area contributed by atoms with E-state index in [0.717, 1.165) is 26.2 Å². The molecule has 3 heteroatoms. The lowest BCUT2D eigenvalue weighted by atomic mass is 10.2. The normalized spacial score (nSPS) is 18.7. The Morgan fingerprint density at radius 1 is 1.21 bits per heavy atom. The van der Waals surface area contributed by atoms with Crippen molar-refractivity contribution in [3.63, 3.8) is 0 Å². The van der Waals surface area contributed by atoms with E-state index in [9.17, 15) is 4.79 Å². The summed E-state index contributed by atoms with van der Waals surface area (Å²) in [5.41, 5.74) is 0.642. The molecule has 1 saturated heterocycles. The first-order valence-corrected chi connectivity index (χ1v) is 5.21. The van der Waals surface area contributed by atoms with E-state index in [2.05, 4.69) is 25.3 Å². The maximum Gasteiger partial charge on any atom is 0.248 e. The molecule has 14 heavy (non-hydrogen) atoms. The van der Waals surface area contributed by atoms with E-state index < -0.39 is 0 Å². The van der Waals surface area contributed by atoms with Crippen LogP contribution in [-0.2, 0) is 4.79 Å². The molecule has 0 unspecified atom stereocenters. The van der Waals surface area contributed by atoms with Crippen LogP contribution in [0.4, 0.5) is 0 Å². The summed E-state index contributed by atoms with van der Waals surface area (Å²) in [6.07, 6.45) is 0. The van der Waals surface area contributed by atoms with Gasteiger partial charge in [-0.25, -0.2) is 0 Å². The number of rotatable bonds is 2. The van der Waals surface area contributed by atoms with Crippen molar-refractivity contribution in [1.82, 2.24) is 9.80 Å². The molecule has 0 radical (unpaired) electrons. The molecule has 0 spiro atoms. The van der Waals surface area contributed by atoms with Crippen molar-refractivity contribution in [1.29, 1.82) is 0 Å². The molecule has 0 bridgehead atoms. The van der Waals surface area contributed by atoms with E-state index in [0.29, 0.717) is 11.6 Å². The molecule has 1 fully saturated rings. The Kier molecular flexibility index (Phi) is 3.69. The van der Waals surface area contributed by atoms with Crippen molar-refractivity contribution < 1.29 is 4.79 Å². The van der Waals surface area contributed by atoms with Crippen molar-refractivity contribution in [2.45, 2.75) is 26.8 Å². The molecular formula is C11H20N2O. The molecule has 3 nitrogen and oxygen atoms in total. The van der Waals surface area contributed by atoms with Crippen molar-refractivity contribution in [2.24, 2.45) is 0 Å². The standard InChI is InChI=1S/C11H20N2O/c1-9(2)11(14)13-7-5-12(6-8-13)10(3)4/h10H,1,5-8H2,2-4H3. The second kappa shape index (κ2) is 4.60. The van der Waals surface area contributed by atoms with Crippen molar-refractivity contribution in [3.8, 4) is 0 Å². The predicted molar refractivity (Wildman–Crippen MR) is 58.1 cm³/mol. The topological polar surface area (TPSA) is 23.6 Å². The average Bonchev–Trinajstić information content (AvgIpc) is 2.16. The molecule has 0 aromatic carbocycles. The summed E-state index contributed by atoms with van der Waals surface area (Å²) < 4.78 is 0. The molecule has 80 valence electrons. The van der Waals surface area contributed by atoms with E-state index in [-0.39, 0.29) is 5.91 Å². The Morgan fingerprint density at radius 2 is 1.71 bits per heavy atom. The first-order chi connectivity index (χ1) is 6.52. The van der Waals surface area contributed by atoms with Gasteiger partial charge in [0.15, 0.2) is 0 Å². The molecule has 1 rings (SSSR count). The van der Waals surface area contributed by atoms with Gasteiger partial charge in [0.25, 0.3) is 0 Å². The number of carbonyl (C=O) groups is 1. The minimum absolute atomic E-state index is 0.105. The van der Waals surface area contributed by atoms with Crippen LogP contribution in [0.15, 0.2) is 12.2 Å². The van der Waals surface area contributed by atoms with Crippen molar-refractivity contribution in [2.75, 3.05) is 26.2 Å². The fraction of sp³-hybridized carbons (Fsp3) is 0.727. The quantitative estimate of drug-likeness (QED) is 0.618. The second-order valence-electron chi connectivity index (χ2n) is 4.20. The van der Waals surface area contributed by atoms with Gasteiger partial charge in [0.1, 0.15) is 0 Å². The number of piperazine rings is 1. The lowest BCUT2D eigenvalue weighted by Gasteiger charge is -2.37. The summed E-state index contributed by atoms with van der Waals surface area (Å²) in [6.45, 7) is 13.5. The Hall–Kier alpha value is -0.830. The predicted octanol–water partition coefficient (Wildman–Crippen LogP) is 1.12. The third-order valence-corrected chi connectivity index (χ3v) is 2.70. The monoisotopic (exact) mass is 196 g/mol. The van der Waals surface area contributed by atoms with E-state index in [1.807, 2.05) is 4.90 Å². The zero-order valence-electron chi connectivity index (χ0n) is 9.42. The Balaban J connectivity index is 2.43. The molecule has 0 aromatic heterocycles. The van der Waals surface area contributed by atoms with Crippen LogP contribution in [0.1, 0.15) is 20.8 Å². The SMILES string of the molecule is C=C(C)C(=O)N1CCN(C(C)C)CC1. The average molecular weight is 196 g/mol. The summed E-state index contributed by atoms with van der Waals surface area (Å²) in [6, 6.07) is 0.581. The first kappa shape index (κ1) is 11.2. The summed E-state index contributed by atoms with van der Waals surface area (Å²) in [5.74, 6) is 0.105. The molecule has 0 N–H and O–H groups in total. The fourth-order valence-corrected chi connectivity index (χ4v) is 1.71. The Labute approximate surface area is 86.4 Å². The van der Waals surface area contributed by atoms with Crippen LogP contribution in [0.5, 0.6) is 0 Å². The van der Waals surface area contributed by atoms with Gasteiger partial charge >= 0.3 is 0 Å². The van der Waals surface area contributed by atoms with E-state index in [1.165, 1.54) is 0 Å². The van der Waals surface area contributed by atoms with Crippen LogP contribution in [0.3, 0.4) is 0 Å². The number of hydrogen-bond acceptors (Lipinski definition) is 2. The molecule has 0 atom stereocenters. The minimum Gasteiger partial charge on any atom is -0.336 e. The third kappa shape index (κ3) is 2.58. The largest absolute Gasteiger partial charge is 0.336 e. The third-order valence-electron chi connectivity index (χ3n) is 2.70. The fourth-order valence-electron chi connectivity index (χ4n) is 1.71. The van der Waals surface area contributed by atoms with Crippen molar-refractivity contribution in [3.05, 3.63) is 12.2 Å². The van der Waals surface area contributed by atoms with Gasteiger partial charge in [-0.2, -0.15) is 0 Å². The van der Waals surface area contributed by atoms with Gasteiger partial charge in [0, 0.05) is 37.8 Å². The molecular weight excluding hydrogens is 176 g/mol. The van der Waals surface area contributed by atoms with E-state index >= 15 is 0 Å². The second-order valence-corrected chi connectivity index (χ2v) is 4.20. The maximum absolute atomic E-state index is 11.6. The van der Waals surface area contributed by atoms with Gasteiger partial charge < -0.3 is 4.90 Å². The Morgan fingerprint density at radius 3 is 2.07 bits per heavy atom. The molecule has 0 aliphatic carbocycles. The smallest absolute Gasteiger partial charge is 0.248 e. The lowest BCUT2D eigenvalue weighted by molar-refractivity contribution is -0.129. The van der Waals surface area contributed by atoms with E-state index in [1.54, 1.807) is 6.92 Å². The van der Waals surface area contributed by atoms with Crippen LogP contribution in [-0.4, -0.2) is 47.9 Å². The molecule has 1 aliphatic heterocycles. The highest BCUT2D eigenvalue weighted by atomic mass is 16.2. The number of carbonyl (C=O) groups excluding carboxylic acids is 1. The number of nitrogens with zero attached hydrogens (tertiary/aromatic N) is 2. The summed E-state index contributed by atoms with van der Waals surface area (Å²) in [7, 11) is 0. The molecule has 0 aromatic rings. The summed E-state index contributed by atoms with van der Waals surface area (Å²) in [5, 5.41) is 0. The molecule has 1 heterocycles. The number of hydrogen-bond donors (Lipinski definition) is 0. The van der Waals surface area contributed by atoms with Crippen molar-refractivity contribution >= 4 is 5.91 Å². The van der Waals surface area contributed by atoms with Gasteiger partial charge in [-0.05, 0) is 20.8 Å². The van der Waals surface area contributed by atoms with Crippen LogP contribution in [0.25, 0.3) is 0 Å². The van der Waals surface area contributed by atoms with Crippen LogP contribution < -0.4 is 0 Å². The minimum atomic E-state index is 0.105. The van der Waals surface area contributed by atoms with Crippen LogP contribution in [0.2, 0.25) is 0 Å². The van der Waals surface area contributed by atoms with Gasteiger partial charge in [-0.15, -0.1) is 0 Å². The molecule has 0 saturated carbocycles. The molecule has 1 aliphatic rings. The van der Waals surface area contributed by atoms with Crippen LogP contribution in [0, 0.1) is 0 Å². The van der Waals surface area contributed by atoms with Gasteiger partial charge in [0.05, 0.1) is 0 Å². The van der Waals surface area contributed by atoms with Gasteiger partial charge in [0.2, 0.25) is 5.91 Å². The van der Waals surface area contributed by atoms with Gasteiger partial charge in [-0.1, -0.05) is 6.58 Å². The summed E-state index contributed by atoms with van der Waals surface area (Å²) >= 11 is 0. The maximum atomic E-state index is 11.6. The lowest BCUT2D eigenvalue weighted by Crippen LogP contribution is -2.50. The Bertz CT molecular complexity index is 227. The van der Waals surface area contributed by atoms with E-state index in [4.69, 9.17) is 0 Å². The van der Waals surface area contributed by atoms with Gasteiger partial charge in [-0.3, -0.25) is 9.69 Å². The zero-order valence-corrected chi connectivity index (χ0v) is 9.42. The highest BCUT2D eigenvalue weighted by Gasteiger charge is 2.22. The first-order valence-electron chi connectivity index (χ1n) is 5.21. The molecule has 1 amide bonds. The highest BCUT2D eigenvalue weighted by Crippen LogP contribution is 2.08. The zero-order chi connectivity index (χ0) is 10.7. The summed E-state index contributed by atoms with van der Waals surface area (Å²) in [4.78, 5) is 15.9.